The van der Waals surface area contributed by atoms with E-state index in [0.717, 1.165) is 44.1 Å². The molecule has 2 N–H and O–H groups in total. The van der Waals surface area contributed by atoms with E-state index < -0.39 is 6.16 Å². The van der Waals surface area contributed by atoms with Gasteiger partial charge in [-0.05, 0) is 60.5 Å². The molecule has 5 nitrogen and oxygen atoms in total. The van der Waals surface area contributed by atoms with Crippen molar-refractivity contribution in [3.63, 3.8) is 0 Å². The average molecular weight is 496 g/mol. The van der Waals surface area contributed by atoms with Gasteiger partial charge in [0.25, 0.3) is 0 Å². The summed E-state index contributed by atoms with van der Waals surface area (Å²) in [5, 5.41) is 2.53. The molecule has 8 heteroatoms. The Balaban J connectivity index is 0.00000576. The molecule has 1 unspecified atom stereocenters. The van der Waals surface area contributed by atoms with Crippen LogP contribution in [-0.4, -0.2) is 70.8 Å². The van der Waals surface area contributed by atoms with Crippen LogP contribution in [0.1, 0.15) is 64.2 Å². The molecule has 25 heavy (non-hydrogen) atoms. The van der Waals surface area contributed by atoms with E-state index in [1.54, 1.807) is 5.06 Å². The molecule has 0 aromatic carbocycles. The molecular formula is C17H33Br2N2NaO3. The average Bonchev–Trinajstić information content (AvgIpc) is 2.58. The fourth-order valence-electron chi connectivity index (χ4n) is 2.81. The number of hydrogen-bond acceptors (Lipinski definition) is 5. The number of carbonyl (C=O) groups is 1. The number of halogens is 2. The van der Waals surface area contributed by atoms with Crippen molar-refractivity contribution in [2.75, 3.05) is 25.0 Å². The number of alkyl halides is 2. The third-order valence-corrected chi connectivity index (χ3v) is 5.60. The standard InChI is InChI=1S/C17H32Br2N2O3.Na.H/c18-11-7-5-3-1-2-4-6-8-16(19)23-17(22)24-21-12-9-15(14-20)10-13-21;;/h15-16H,1-14,20H2;;. The number of hydroxylamine groups is 2. The molecule has 1 atom stereocenters. The molecule has 1 saturated heterocycles. The van der Waals surface area contributed by atoms with E-state index in [1.165, 1.54) is 38.5 Å². The van der Waals surface area contributed by atoms with Crippen molar-refractivity contribution < 1.29 is 14.4 Å². The minimum absolute atomic E-state index is 0. The molecule has 0 saturated carbocycles. The Morgan fingerprint density at radius 2 is 1.64 bits per heavy atom. The second-order valence-corrected chi connectivity index (χ2v) is 8.24. The van der Waals surface area contributed by atoms with Gasteiger partial charge >= 0.3 is 35.7 Å². The molecule has 0 radical (unpaired) electrons. The molecule has 1 heterocycles. The molecule has 1 aliphatic heterocycles. The van der Waals surface area contributed by atoms with Crippen LogP contribution >= 0.6 is 31.9 Å². The van der Waals surface area contributed by atoms with Gasteiger partial charge in [0, 0.05) is 18.4 Å². The Morgan fingerprint density at radius 3 is 2.20 bits per heavy atom. The van der Waals surface area contributed by atoms with Crippen molar-refractivity contribution in [3.05, 3.63) is 0 Å². The van der Waals surface area contributed by atoms with Gasteiger partial charge in [0.2, 0.25) is 0 Å². The summed E-state index contributed by atoms with van der Waals surface area (Å²) < 4.78 is 5.25. The van der Waals surface area contributed by atoms with Crippen LogP contribution in [0.3, 0.4) is 0 Å². The summed E-state index contributed by atoms with van der Waals surface area (Å²) in [5.74, 6) is 0.546. The molecule has 0 spiro atoms. The summed E-state index contributed by atoms with van der Waals surface area (Å²) in [6, 6.07) is 0. The van der Waals surface area contributed by atoms with Gasteiger partial charge in [-0.3, -0.25) is 0 Å². The van der Waals surface area contributed by atoms with Gasteiger partial charge in [-0.25, -0.2) is 4.79 Å². The van der Waals surface area contributed by atoms with Crippen molar-refractivity contribution in [1.82, 2.24) is 5.06 Å². The number of nitrogens with two attached hydrogens (primary N) is 1. The summed E-state index contributed by atoms with van der Waals surface area (Å²) in [7, 11) is 0. The van der Waals surface area contributed by atoms with E-state index in [4.69, 9.17) is 15.3 Å². The number of hydrogen-bond donors (Lipinski definition) is 1. The van der Waals surface area contributed by atoms with Crippen LogP contribution in [0, 0.1) is 5.92 Å². The molecule has 0 aromatic heterocycles. The summed E-state index contributed by atoms with van der Waals surface area (Å²) in [4.78, 5) is 17.0. The molecule has 144 valence electrons. The van der Waals surface area contributed by atoms with Gasteiger partial charge in [-0.2, -0.15) is 0 Å². The number of unbranched alkanes of at least 4 members (excludes halogenated alkanes) is 6. The molecule has 1 rings (SSSR count). The van der Waals surface area contributed by atoms with Crippen molar-refractivity contribution in [2.45, 2.75) is 69.2 Å². The van der Waals surface area contributed by atoms with Crippen LogP contribution in [0.2, 0.25) is 0 Å². The second kappa shape index (κ2) is 17.3. The summed E-state index contributed by atoms with van der Waals surface area (Å²) in [5.41, 5.74) is 5.66. The van der Waals surface area contributed by atoms with Crippen LogP contribution in [0.25, 0.3) is 0 Å². The molecule has 0 aliphatic carbocycles. The number of rotatable bonds is 12. The summed E-state index contributed by atoms with van der Waals surface area (Å²) >= 11 is 6.86. The Hall–Kier alpha value is 1.15. The maximum absolute atomic E-state index is 11.8. The van der Waals surface area contributed by atoms with Crippen LogP contribution < -0.4 is 5.73 Å². The Kier molecular flexibility index (Phi) is 18.1. The molecular weight excluding hydrogens is 463 g/mol. The Labute approximate surface area is 191 Å². The molecule has 1 fully saturated rings. The molecule has 0 aromatic rings. The summed E-state index contributed by atoms with van der Waals surface area (Å²) in [6.07, 6.45) is 10.8. The molecule has 1 aliphatic rings. The first kappa shape index (κ1) is 26.1. The van der Waals surface area contributed by atoms with E-state index in [1.807, 2.05) is 0 Å². The summed E-state index contributed by atoms with van der Waals surface area (Å²) in [6.45, 7) is 2.18. The minimum atomic E-state index is -0.613. The molecule has 0 amide bonds. The Morgan fingerprint density at radius 1 is 1.08 bits per heavy atom. The fraction of sp³-hybridized carbons (Fsp3) is 0.941. The third kappa shape index (κ3) is 13.9. The predicted molar refractivity (Wildman–Crippen MR) is 112 cm³/mol. The molecule has 0 bridgehead atoms. The maximum atomic E-state index is 11.8. The topological polar surface area (TPSA) is 64.8 Å². The zero-order valence-corrected chi connectivity index (χ0v) is 17.7. The SMILES string of the molecule is NCC1CCN(OC(=O)OC(Br)CCCCCCCCCBr)CC1.[NaH]. The first-order valence-electron chi connectivity index (χ1n) is 9.19. The number of ether oxygens (including phenoxy) is 1. The number of nitrogens with zero attached hydrogens (tertiary/aromatic N) is 1. The van der Waals surface area contributed by atoms with Crippen LogP contribution in [0.15, 0.2) is 0 Å². The zero-order valence-electron chi connectivity index (χ0n) is 14.6. The van der Waals surface area contributed by atoms with Crippen molar-refractivity contribution in [1.29, 1.82) is 0 Å². The van der Waals surface area contributed by atoms with Gasteiger partial charge in [0.1, 0.15) is 0 Å². The monoisotopic (exact) mass is 494 g/mol. The predicted octanol–water partition coefficient (Wildman–Crippen LogP) is 4.31. The fourth-order valence-corrected chi connectivity index (χ4v) is 3.68. The van der Waals surface area contributed by atoms with E-state index >= 15 is 0 Å². The van der Waals surface area contributed by atoms with Gasteiger partial charge in [-0.1, -0.05) is 48.0 Å². The van der Waals surface area contributed by atoms with Crippen molar-refractivity contribution >= 4 is 67.6 Å². The number of carbonyl (C=O) groups excluding carboxylic acids is 1. The van der Waals surface area contributed by atoms with Crippen LogP contribution in [-0.2, 0) is 9.57 Å². The van der Waals surface area contributed by atoms with E-state index in [-0.39, 0.29) is 34.6 Å². The first-order chi connectivity index (χ1) is 11.7. The zero-order chi connectivity index (χ0) is 17.6. The normalized spacial score (nSPS) is 16.9. The van der Waals surface area contributed by atoms with E-state index in [0.29, 0.717) is 12.5 Å². The van der Waals surface area contributed by atoms with Gasteiger partial charge in [0.05, 0.1) is 0 Å². The first-order valence-corrected chi connectivity index (χ1v) is 11.2. The second-order valence-electron chi connectivity index (χ2n) is 6.43. The van der Waals surface area contributed by atoms with Crippen molar-refractivity contribution in [2.24, 2.45) is 11.7 Å². The van der Waals surface area contributed by atoms with Crippen LogP contribution in [0.5, 0.6) is 0 Å². The van der Waals surface area contributed by atoms with E-state index in [9.17, 15) is 4.79 Å². The third-order valence-electron chi connectivity index (χ3n) is 4.40. The van der Waals surface area contributed by atoms with Crippen molar-refractivity contribution in [3.8, 4) is 0 Å². The van der Waals surface area contributed by atoms with E-state index in [2.05, 4.69) is 31.9 Å². The van der Waals surface area contributed by atoms with Gasteiger partial charge in [-0.15, -0.1) is 5.06 Å². The van der Waals surface area contributed by atoms with Gasteiger partial charge in [0.15, 0.2) is 5.01 Å². The Bertz CT molecular complexity index is 333. The quantitative estimate of drug-likeness (QED) is 0.189. The van der Waals surface area contributed by atoms with Gasteiger partial charge < -0.3 is 15.3 Å². The van der Waals surface area contributed by atoms with Crippen LogP contribution in [0.4, 0.5) is 4.79 Å². The number of piperidine rings is 1.